The smallest absolute Gasteiger partial charge is 0.259 e. The van der Waals surface area contributed by atoms with Crippen molar-refractivity contribution in [2.24, 2.45) is 0 Å². The van der Waals surface area contributed by atoms with Crippen molar-refractivity contribution in [2.45, 2.75) is 12.1 Å². The predicted molar refractivity (Wildman–Crippen MR) is 83.5 cm³/mol. The van der Waals surface area contributed by atoms with Crippen LogP contribution >= 0.6 is 0 Å². The van der Waals surface area contributed by atoms with Gasteiger partial charge in [0.1, 0.15) is 5.75 Å². The van der Waals surface area contributed by atoms with Gasteiger partial charge in [0, 0.05) is 5.69 Å². The average molecular weight is 285 g/mol. The normalized spacial score (nSPS) is 21.2. The lowest BCUT2D eigenvalue weighted by molar-refractivity contribution is -0.139. The first-order valence-corrected chi connectivity index (χ1v) is 6.71. The number of hydrogen-bond donors (Lipinski definition) is 0. The monoisotopic (exact) mass is 285 g/mol. The number of carbonyl (C=O) groups excluding carboxylic acids is 1. The number of rotatable bonds is 7. The van der Waals surface area contributed by atoms with E-state index in [2.05, 4.69) is 13.2 Å². The molecule has 1 amide bonds. The SMILES string of the molecule is C=C/C=C/[C@H]1[C@@H](OCC=C)C(=O)N1c1ccc(OC)cc1. The minimum absolute atomic E-state index is 0.0549. The van der Waals surface area contributed by atoms with E-state index in [1.807, 2.05) is 36.4 Å². The summed E-state index contributed by atoms with van der Waals surface area (Å²) in [5, 5.41) is 0. The number of ether oxygens (including phenoxy) is 2. The van der Waals surface area contributed by atoms with Crippen LogP contribution in [0.3, 0.4) is 0 Å². The molecule has 0 aliphatic carbocycles. The highest BCUT2D eigenvalue weighted by molar-refractivity contribution is 6.05. The van der Waals surface area contributed by atoms with Crippen molar-refractivity contribution in [1.82, 2.24) is 0 Å². The average Bonchev–Trinajstić information content (AvgIpc) is 2.52. The fraction of sp³-hybridized carbons (Fsp3) is 0.235. The lowest BCUT2D eigenvalue weighted by Gasteiger charge is -2.45. The Kier molecular flexibility index (Phi) is 4.95. The highest BCUT2D eigenvalue weighted by Gasteiger charge is 2.47. The Bertz CT molecular complexity index is 548. The van der Waals surface area contributed by atoms with E-state index in [1.165, 1.54) is 0 Å². The highest BCUT2D eigenvalue weighted by Crippen LogP contribution is 2.32. The van der Waals surface area contributed by atoms with Crippen molar-refractivity contribution in [2.75, 3.05) is 18.6 Å². The van der Waals surface area contributed by atoms with Crippen molar-refractivity contribution >= 4 is 11.6 Å². The van der Waals surface area contributed by atoms with Gasteiger partial charge >= 0.3 is 0 Å². The summed E-state index contributed by atoms with van der Waals surface area (Å²) >= 11 is 0. The summed E-state index contributed by atoms with van der Waals surface area (Å²) in [5.41, 5.74) is 0.818. The molecule has 0 saturated carbocycles. The van der Waals surface area contributed by atoms with Crippen molar-refractivity contribution in [1.29, 1.82) is 0 Å². The number of carbonyl (C=O) groups is 1. The molecule has 0 unspecified atom stereocenters. The molecule has 1 heterocycles. The molecule has 0 N–H and O–H groups in total. The molecule has 110 valence electrons. The largest absolute Gasteiger partial charge is 0.497 e. The number of methoxy groups -OCH3 is 1. The molecule has 0 bridgehead atoms. The maximum atomic E-state index is 12.3. The van der Waals surface area contributed by atoms with Gasteiger partial charge in [0.15, 0.2) is 6.10 Å². The van der Waals surface area contributed by atoms with Gasteiger partial charge in [0.05, 0.1) is 19.8 Å². The van der Waals surface area contributed by atoms with Crippen LogP contribution in [-0.2, 0) is 9.53 Å². The van der Waals surface area contributed by atoms with Crippen LogP contribution in [0.15, 0.2) is 61.7 Å². The molecule has 21 heavy (non-hydrogen) atoms. The van der Waals surface area contributed by atoms with Gasteiger partial charge in [-0.3, -0.25) is 9.69 Å². The third kappa shape index (κ3) is 3.06. The van der Waals surface area contributed by atoms with E-state index in [-0.39, 0.29) is 11.9 Å². The second kappa shape index (κ2) is 6.90. The van der Waals surface area contributed by atoms with Gasteiger partial charge in [-0.05, 0) is 24.3 Å². The molecule has 1 aliphatic rings. The van der Waals surface area contributed by atoms with E-state index in [4.69, 9.17) is 9.47 Å². The molecule has 1 aliphatic heterocycles. The third-order valence-electron chi connectivity index (χ3n) is 3.28. The van der Waals surface area contributed by atoms with Crippen LogP contribution < -0.4 is 9.64 Å². The summed E-state index contributed by atoms with van der Waals surface area (Å²) in [6, 6.07) is 7.23. The first kappa shape index (κ1) is 15.1. The van der Waals surface area contributed by atoms with E-state index in [0.29, 0.717) is 6.61 Å². The second-order valence-corrected chi connectivity index (χ2v) is 4.56. The molecule has 1 aromatic carbocycles. The van der Waals surface area contributed by atoms with Gasteiger partial charge < -0.3 is 9.47 Å². The molecule has 1 fully saturated rings. The molecule has 4 heteroatoms. The number of benzene rings is 1. The van der Waals surface area contributed by atoms with Crippen LogP contribution in [0.2, 0.25) is 0 Å². The molecular formula is C17H19NO3. The van der Waals surface area contributed by atoms with Crippen molar-refractivity contribution < 1.29 is 14.3 Å². The first-order chi connectivity index (χ1) is 10.2. The van der Waals surface area contributed by atoms with E-state index in [1.54, 1.807) is 24.2 Å². The molecule has 1 aromatic rings. The minimum atomic E-state index is -0.471. The molecular weight excluding hydrogens is 266 g/mol. The van der Waals surface area contributed by atoms with Gasteiger partial charge in [0.25, 0.3) is 5.91 Å². The van der Waals surface area contributed by atoms with Gasteiger partial charge in [-0.15, -0.1) is 6.58 Å². The fourth-order valence-electron chi connectivity index (χ4n) is 2.25. The molecule has 4 nitrogen and oxygen atoms in total. The Balaban J connectivity index is 2.19. The lowest BCUT2D eigenvalue weighted by Crippen LogP contribution is -2.65. The predicted octanol–water partition coefficient (Wildman–Crippen LogP) is 2.72. The van der Waals surface area contributed by atoms with E-state index in [9.17, 15) is 4.79 Å². The quantitative estimate of drug-likeness (QED) is 0.439. The van der Waals surface area contributed by atoms with Crippen molar-refractivity contribution in [3.05, 3.63) is 61.7 Å². The number of amides is 1. The Morgan fingerprint density at radius 1 is 1.29 bits per heavy atom. The number of allylic oxidation sites excluding steroid dienone is 2. The molecule has 0 aromatic heterocycles. The van der Waals surface area contributed by atoms with E-state index >= 15 is 0 Å². The van der Waals surface area contributed by atoms with Crippen LogP contribution in [0, 0.1) is 0 Å². The minimum Gasteiger partial charge on any atom is -0.497 e. The van der Waals surface area contributed by atoms with Crippen LogP contribution in [-0.4, -0.2) is 31.8 Å². The standard InChI is InChI=1S/C17H19NO3/c1-4-6-7-15-16(21-12-5-2)17(19)18(15)13-8-10-14(20-3)11-9-13/h4-11,15-16H,1-2,12H2,3H3/b7-6+/t15-,16+/m0/s1. The zero-order valence-corrected chi connectivity index (χ0v) is 12.1. The number of anilines is 1. The van der Waals surface area contributed by atoms with E-state index < -0.39 is 6.10 Å². The van der Waals surface area contributed by atoms with Crippen LogP contribution in [0.4, 0.5) is 5.69 Å². The maximum absolute atomic E-state index is 12.3. The Hall–Kier alpha value is -2.33. The number of β-lactam (4-membered cyclic amide) rings is 1. The summed E-state index contributed by atoms with van der Waals surface area (Å²) in [6.45, 7) is 7.61. The molecule has 0 radical (unpaired) electrons. The molecule has 0 spiro atoms. The number of nitrogens with zero attached hydrogens (tertiary/aromatic N) is 1. The fourth-order valence-corrected chi connectivity index (χ4v) is 2.25. The summed E-state index contributed by atoms with van der Waals surface area (Å²) in [7, 11) is 1.61. The van der Waals surface area contributed by atoms with Crippen LogP contribution in [0.1, 0.15) is 0 Å². The Morgan fingerprint density at radius 2 is 2.00 bits per heavy atom. The summed E-state index contributed by atoms with van der Waals surface area (Å²) in [4.78, 5) is 14.0. The van der Waals surface area contributed by atoms with Crippen molar-refractivity contribution in [3.8, 4) is 5.75 Å². The van der Waals surface area contributed by atoms with Crippen LogP contribution in [0.5, 0.6) is 5.75 Å². The van der Waals surface area contributed by atoms with Crippen LogP contribution in [0.25, 0.3) is 0 Å². The van der Waals surface area contributed by atoms with E-state index in [0.717, 1.165) is 11.4 Å². The summed E-state index contributed by atoms with van der Waals surface area (Å²) in [6.07, 6.45) is 6.57. The molecule has 2 rings (SSSR count). The topological polar surface area (TPSA) is 38.8 Å². The maximum Gasteiger partial charge on any atom is 0.259 e. The highest BCUT2D eigenvalue weighted by atomic mass is 16.5. The Labute approximate surface area is 125 Å². The Morgan fingerprint density at radius 3 is 2.57 bits per heavy atom. The summed E-state index contributed by atoms with van der Waals surface area (Å²) in [5.74, 6) is 0.699. The van der Waals surface area contributed by atoms with Gasteiger partial charge in [-0.2, -0.15) is 0 Å². The number of hydrogen-bond acceptors (Lipinski definition) is 3. The molecule has 2 atom stereocenters. The second-order valence-electron chi connectivity index (χ2n) is 4.56. The van der Waals surface area contributed by atoms with Gasteiger partial charge in [-0.25, -0.2) is 0 Å². The molecule has 1 saturated heterocycles. The lowest BCUT2D eigenvalue weighted by atomic mass is 9.96. The zero-order valence-electron chi connectivity index (χ0n) is 12.1. The van der Waals surface area contributed by atoms with Gasteiger partial charge in [0.2, 0.25) is 0 Å². The zero-order chi connectivity index (χ0) is 15.2. The third-order valence-corrected chi connectivity index (χ3v) is 3.28. The summed E-state index contributed by atoms with van der Waals surface area (Å²) < 4.78 is 10.7. The van der Waals surface area contributed by atoms with Gasteiger partial charge in [-0.1, -0.05) is 30.9 Å². The van der Waals surface area contributed by atoms with Crippen molar-refractivity contribution in [3.63, 3.8) is 0 Å². The first-order valence-electron chi connectivity index (χ1n) is 6.71.